The molecule has 0 aliphatic carbocycles. The van der Waals surface area contributed by atoms with Crippen LogP contribution in [0.2, 0.25) is 0 Å². The van der Waals surface area contributed by atoms with Gasteiger partial charge >= 0.3 is 0 Å². The molecule has 0 aromatic rings. The van der Waals surface area contributed by atoms with Crippen molar-refractivity contribution in [3.8, 4) is 0 Å². The van der Waals surface area contributed by atoms with Crippen LogP contribution in [0.1, 0.15) is 33.6 Å². The molecular formula is C11H22N2O2. The number of aliphatic hydroxyl groups excluding tert-OH is 1. The molecule has 1 unspecified atom stereocenters. The molecule has 15 heavy (non-hydrogen) atoms. The van der Waals surface area contributed by atoms with E-state index < -0.39 is 0 Å². The Kier molecular flexibility index (Phi) is 4.11. The normalized spacial score (nSPS) is 27.2. The first-order valence-electron chi connectivity index (χ1n) is 5.68. The van der Waals surface area contributed by atoms with Crippen molar-refractivity contribution in [2.45, 2.75) is 45.2 Å². The third kappa shape index (κ3) is 2.69. The molecule has 1 amide bonds. The molecule has 4 nitrogen and oxygen atoms in total. The Morgan fingerprint density at radius 1 is 1.60 bits per heavy atom. The van der Waals surface area contributed by atoms with Gasteiger partial charge in [-0.2, -0.15) is 0 Å². The lowest BCUT2D eigenvalue weighted by Crippen LogP contribution is -2.52. The molecule has 0 saturated carbocycles. The average molecular weight is 214 g/mol. The zero-order chi connectivity index (χ0) is 11.5. The summed E-state index contributed by atoms with van der Waals surface area (Å²) in [6, 6.07) is -0.183. The molecule has 4 heteroatoms. The minimum absolute atomic E-state index is 0.0216. The Hall–Kier alpha value is -0.610. The Bertz CT molecular complexity index is 229. The number of hydrogen-bond acceptors (Lipinski definition) is 3. The van der Waals surface area contributed by atoms with Gasteiger partial charge in [0.1, 0.15) is 0 Å². The largest absolute Gasteiger partial charge is 0.396 e. The molecule has 1 aliphatic heterocycles. The van der Waals surface area contributed by atoms with Crippen LogP contribution in [-0.4, -0.2) is 47.2 Å². The second-order valence-electron chi connectivity index (χ2n) is 4.67. The van der Waals surface area contributed by atoms with Crippen molar-refractivity contribution in [1.29, 1.82) is 0 Å². The number of carbonyl (C=O) groups is 1. The Morgan fingerprint density at radius 3 is 2.80 bits per heavy atom. The lowest BCUT2D eigenvalue weighted by molar-refractivity contribution is -0.127. The fraction of sp³-hybridized carbons (Fsp3) is 0.909. The molecular weight excluding hydrogens is 192 g/mol. The summed E-state index contributed by atoms with van der Waals surface area (Å²) >= 11 is 0. The summed E-state index contributed by atoms with van der Waals surface area (Å²) < 4.78 is 0. The number of rotatable bonds is 3. The van der Waals surface area contributed by atoms with Crippen LogP contribution in [0.5, 0.6) is 0 Å². The number of nitrogens with one attached hydrogen (secondary N) is 1. The number of amides is 1. The first-order valence-corrected chi connectivity index (χ1v) is 5.68. The predicted octanol–water partition coefficient (Wildman–Crippen LogP) is 0.358. The van der Waals surface area contributed by atoms with Gasteiger partial charge in [-0.1, -0.05) is 6.92 Å². The Morgan fingerprint density at radius 2 is 2.27 bits per heavy atom. The lowest BCUT2D eigenvalue weighted by atomic mass is 9.96. The number of aliphatic hydroxyl groups is 1. The molecule has 88 valence electrons. The lowest BCUT2D eigenvalue weighted by Gasteiger charge is -2.40. The van der Waals surface area contributed by atoms with Gasteiger partial charge in [0.25, 0.3) is 0 Å². The van der Waals surface area contributed by atoms with E-state index in [0.29, 0.717) is 6.42 Å². The monoisotopic (exact) mass is 214 g/mol. The van der Waals surface area contributed by atoms with Gasteiger partial charge in [0.05, 0.1) is 6.04 Å². The minimum Gasteiger partial charge on any atom is -0.396 e. The first-order chi connectivity index (χ1) is 7.03. The van der Waals surface area contributed by atoms with Crippen molar-refractivity contribution in [2.24, 2.45) is 0 Å². The van der Waals surface area contributed by atoms with E-state index in [1.165, 1.54) is 0 Å². The number of nitrogens with zero attached hydrogens (tertiary/aromatic N) is 1. The fourth-order valence-corrected chi connectivity index (χ4v) is 2.37. The molecule has 0 aromatic heterocycles. The SMILES string of the molecule is CCN1C(CCO)C(=O)NCCC1(C)C. The Balaban J connectivity index is 2.88. The molecule has 1 atom stereocenters. The van der Waals surface area contributed by atoms with Crippen LogP contribution in [-0.2, 0) is 4.79 Å². The first kappa shape index (κ1) is 12.5. The van der Waals surface area contributed by atoms with Crippen LogP contribution in [0.3, 0.4) is 0 Å². The van der Waals surface area contributed by atoms with Crippen molar-refractivity contribution in [2.75, 3.05) is 19.7 Å². The summed E-state index contributed by atoms with van der Waals surface area (Å²) in [7, 11) is 0. The van der Waals surface area contributed by atoms with Gasteiger partial charge < -0.3 is 10.4 Å². The summed E-state index contributed by atoms with van der Waals surface area (Å²) in [6.07, 6.45) is 1.47. The summed E-state index contributed by atoms with van der Waals surface area (Å²) in [4.78, 5) is 14.0. The van der Waals surface area contributed by atoms with Crippen LogP contribution in [0.25, 0.3) is 0 Å². The smallest absolute Gasteiger partial charge is 0.237 e. The molecule has 1 heterocycles. The van der Waals surface area contributed by atoms with Crippen LogP contribution in [0, 0.1) is 0 Å². The van der Waals surface area contributed by atoms with E-state index in [1.807, 2.05) is 0 Å². The minimum atomic E-state index is -0.183. The van der Waals surface area contributed by atoms with Crippen molar-refractivity contribution in [3.63, 3.8) is 0 Å². The average Bonchev–Trinajstić information content (AvgIpc) is 2.25. The second-order valence-corrected chi connectivity index (χ2v) is 4.67. The third-order valence-electron chi connectivity index (χ3n) is 3.24. The summed E-state index contributed by atoms with van der Waals surface area (Å²) in [5.74, 6) is 0.0523. The van der Waals surface area contributed by atoms with E-state index in [4.69, 9.17) is 5.11 Å². The summed E-state index contributed by atoms with van der Waals surface area (Å²) in [5.41, 5.74) is 0.0216. The molecule has 2 N–H and O–H groups in total. The standard InChI is InChI=1S/C11H22N2O2/c1-4-13-9(5-8-14)10(15)12-7-6-11(13,2)3/h9,14H,4-8H2,1-3H3,(H,12,15). The molecule has 0 aromatic carbocycles. The number of carbonyl (C=O) groups excluding carboxylic acids is 1. The van der Waals surface area contributed by atoms with E-state index in [0.717, 1.165) is 19.5 Å². The number of hydrogen-bond donors (Lipinski definition) is 2. The van der Waals surface area contributed by atoms with Gasteiger partial charge in [-0.05, 0) is 33.2 Å². The molecule has 0 bridgehead atoms. The van der Waals surface area contributed by atoms with Gasteiger partial charge in [-0.25, -0.2) is 0 Å². The summed E-state index contributed by atoms with van der Waals surface area (Å²) in [5, 5.41) is 11.9. The zero-order valence-electron chi connectivity index (χ0n) is 9.92. The van der Waals surface area contributed by atoms with Crippen LogP contribution >= 0.6 is 0 Å². The van der Waals surface area contributed by atoms with E-state index in [9.17, 15) is 4.79 Å². The van der Waals surface area contributed by atoms with E-state index >= 15 is 0 Å². The highest BCUT2D eigenvalue weighted by atomic mass is 16.3. The van der Waals surface area contributed by atoms with Crippen molar-refractivity contribution < 1.29 is 9.90 Å². The highest BCUT2D eigenvalue weighted by molar-refractivity contribution is 5.82. The van der Waals surface area contributed by atoms with Crippen LogP contribution in [0.15, 0.2) is 0 Å². The highest BCUT2D eigenvalue weighted by Gasteiger charge is 2.37. The molecule has 1 saturated heterocycles. The third-order valence-corrected chi connectivity index (χ3v) is 3.24. The van der Waals surface area contributed by atoms with Gasteiger partial charge in [0, 0.05) is 18.7 Å². The fourth-order valence-electron chi connectivity index (χ4n) is 2.37. The van der Waals surface area contributed by atoms with E-state index in [1.54, 1.807) is 0 Å². The van der Waals surface area contributed by atoms with E-state index in [2.05, 4.69) is 31.0 Å². The molecule has 0 radical (unpaired) electrons. The second kappa shape index (κ2) is 4.94. The predicted molar refractivity (Wildman–Crippen MR) is 59.6 cm³/mol. The topological polar surface area (TPSA) is 52.6 Å². The molecule has 1 fully saturated rings. The van der Waals surface area contributed by atoms with Crippen molar-refractivity contribution in [1.82, 2.24) is 10.2 Å². The quantitative estimate of drug-likeness (QED) is 0.713. The maximum Gasteiger partial charge on any atom is 0.237 e. The van der Waals surface area contributed by atoms with Crippen molar-refractivity contribution in [3.05, 3.63) is 0 Å². The Labute approximate surface area is 91.6 Å². The van der Waals surface area contributed by atoms with Gasteiger partial charge in [-0.3, -0.25) is 9.69 Å². The summed E-state index contributed by atoms with van der Waals surface area (Å²) in [6.45, 7) is 7.99. The van der Waals surface area contributed by atoms with Crippen LogP contribution in [0.4, 0.5) is 0 Å². The molecule has 1 aliphatic rings. The van der Waals surface area contributed by atoms with Gasteiger partial charge in [0.2, 0.25) is 5.91 Å². The number of likely N-dealkylation sites (N-methyl/N-ethyl adjacent to an activating group) is 1. The molecule has 1 rings (SSSR count). The van der Waals surface area contributed by atoms with Crippen LogP contribution < -0.4 is 5.32 Å². The highest BCUT2D eigenvalue weighted by Crippen LogP contribution is 2.24. The van der Waals surface area contributed by atoms with E-state index in [-0.39, 0.29) is 24.1 Å². The van der Waals surface area contributed by atoms with Gasteiger partial charge in [-0.15, -0.1) is 0 Å². The zero-order valence-corrected chi connectivity index (χ0v) is 9.92. The molecule has 0 spiro atoms. The maximum atomic E-state index is 11.8. The van der Waals surface area contributed by atoms with Crippen molar-refractivity contribution >= 4 is 5.91 Å². The van der Waals surface area contributed by atoms with Gasteiger partial charge in [0.15, 0.2) is 0 Å². The maximum absolute atomic E-state index is 11.8.